The molecule has 0 spiro atoms. The minimum absolute atomic E-state index is 0. The van der Waals surface area contributed by atoms with Crippen LogP contribution in [0.25, 0.3) is 0 Å². The Morgan fingerprint density at radius 3 is 1.42 bits per heavy atom. The summed E-state index contributed by atoms with van der Waals surface area (Å²) >= 11 is 0. The van der Waals surface area contributed by atoms with Crippen molar-refractivity contribution >= 4 is 0 Å². The van der Waals surface area contributed by atoms with Crippen molar-refractivity contribution in [2.75, 3.05) is 0 Å². The van der Waals surface area contributed by atoms with Gasteiger partial charge in [0.1, 0.15) is 0 Å². The number of rotatable bonds is 0. The van der Waals surface area contributed by atoms with Crippen LogP contribution in [0.2, 0.25) is 0 Å². The van der Waals surface area contributed by atoms with E-state index >= 15 is 0 Å². The molecule has 0 aromatic carbocycles. The molecule has 0 amide bonds. The van der Waals surface area contributed by atoms with E-state index in [1.165, 1.54) is 19.3 Å². The van der Waals surface area contributed by atoms with E-state index in [1.54, 1.807) is 0 Å². The second-order valence-electron chi connectivity index (χ2n) is 5.10. The van der Waals surface area contributed by atoms with E-state index in [0.717, 1.165) is 37.0 Å². The van der Waals surface area contributed by atoms with Crippen LogP contribution in [0.3, 0.4) is 0 Å². The van der Waals surface area contributed by atoms with Crippen LogP contribution in [0.15, 0.2) is 0 Å². The predicted molar refractivity (Wildman–Crippen MR) is 40.9 cm³/mol. The van der Waals surface area contributed by atoms with E-state index in [-0.39, 0.29) is 29.6 Å². The molecule has 4 aliphatic rings. The summed E-state index contributed by atoms with van der Waals surface area (Å²) in [6, 6.07) is 0. The van der Waals surface area contributed by atoms with Crippen LogP contribution >= 0.6 is 0 Å². The molecule has 2 heteroatoms. The molecule has 12 heavy (non-hydrogen) atoms. The Balaban J connectivity index is 0.000000563. The van der Waals surface area contributed by atoms with Crippen molar-refractivity contribution in [1.82, 2.24) is 0 Å². The zero-order valence-corrected chi connectivity index (χ0v) is 9.88. The minimum atomic E-state index is -0.450. The Labute approximate surface area is 96.2 Å². The van der Waals surface area contributed by atoms with Crippen LogP contribution in [-0.2, 0) is 0 Å². The van der Waals surface area contributed by atoms with Crippen molar-refractivity contribution in [3.8, 4) is 0 Å². The SMILES string of the molecule is [Na+].[O-]C12CC3CC(CC(C3)C1)C2. The van der Waals surface area contributed by atoms with Crippen molar-refractivity contribution in [3.63, 3.8) is 0 Å². The van der Waals surface area contributed by atoms with Gasteiger partial charge in [-0.1, -0.05) is 19.3 Å². The Hall–Kier alpha value is 0.960. The summed E-state index contributed by atoms with van der Waals surface area (Å²) in [4.78, 5) is 0. The van der Waals surface area contributed by atoms with Gasteiger partial charge in [-0.25, -0.2) is 0 Å². The van der Waals surface area contributed by atoms with Crippen LogP contribution in [0.4, 0.5) is 0 Å². The van der Waals surface area contributed by atoms with Crippen LogP contribution in [0.1, 0.15) is 38.5 Å². The maximum atomic E-state index is 12.0. The van der Waals surface area contributed by atoms with Gasteiger partial charge in [0.25, 0.3) is 0 Å². The van der Waals surface area contributed by atoms with Gasteiger partial charge in [0.15, 0.2) is 0 Å². The molecule has 4 aliphatic carbocycles. The maximum absolute atomic E-state index is 12.0. The molecule has 0 atom stereocenters. The number of hydrogen-bond acceptors (Lipinski definition) is 1. The first-order valence-electron chi connectivity index (χ1n) is 4.94. The fraction of sp³-hybridized carbons (Fsp3) is 1.00. The van der Waals surface area contributed by atoms with E-state index in [9.17, 15) is 5.11 Å². The molecule has 0 N–H and O–H groups in total. The van der Waals surface area contributed by atoms with Crippen molar-refractivity contribution in [2.45, 2.75) is 44.1 Å². The van der Waals surface area contributed by atoms with Crippen LogP contribution in [-0.4, -0.2) is 5.60 Å². The van der Waals surface area contributed by atoms with Gasteiger partial charge in [0.05, 0.1) is 0 Å². The number of hydrogen-bond donors (Lipinski definition) is 0. The van der Waals surface area contributed by atoms with Gasteiger partial charge in [-0.2, -0.15) is 0 Å². The van der Waals surface area contributed by atoms with E-state index in [2.05, 4.69) is 0 Å². The predicted octanol–water partition coefficient (Wildman–Crippen LogP) is -1.68. The molecule has 0 aromatic heterocycles. The second kappa shape index (κ2) is 2.98. The molecule has 0 aromatic rings. The molecule has 4 saturated carbocycles. The van der Waals surface area contributed by atoms with Crippen molar-refractivity contribution in [1.29, 1.82) is 0 Å². The molecule has 4 bridgehead atoms. The third-order valence-electron chi connectivity index (χ3n) is 3.98. The second-order valence-corrected chi connectivity index (χ2v) is 5.10. The maximum Gasteiger partial charge on any atom is 1.00 e. The summed E-state index contributed by atoms with van der Waals surface area (Å²) in [5, 5.41) is 12.0. The Kier molecular flexibility index (Phi) is 2.36. The average molecular weight is 174 g/mol. The van der Waals surface area contributed by atoms with Crippen LogP contribution < -0.4 is 34.7 Å². The van der Waals surface area contributed by atoms with Gasteiger partial charge >= 0.3 is 29.6 Å². The molecule has 4 fully saturated rings. The molecule has 0 aliphatic heterocycles. The Morgan fingerprint density at radius 2 is 1.17 bits per heavy atom. The fourth-order valence-electron chi connectivity index (χ4n) is 4.03. The van der Waals surface area contributed by atoms with E-state index in [1.807, 2.05) is 0 Å². The smallest absolute Gasteiger partial charge is 0.849 e. The normalized spacial score (nSPS) is 55.2. The van der Waals surface area contributed by atoms with Crippen LogP contribution in [0, 0.1) is 17.8 Å². The molecule has 0 heterocycles. The summed E-state index contributed by atoms with van der Waals surface area (Å²) < 4.78 is 0. The Bertz CT molecular complexity index is 155. The summed E-state index contributed by atoms with van der Waals surface area (Å²) in [6.45, 7) is 0. The molecule has 0 saturated heterocycles. The van der Waals surface area contributed by atoms with Gasteiger partial charge in [0, 0.05) is 0 Å². The van der Waals surface area contributed by atoms with Crippen molar-refractivity contribution in [2.24, 2.45) is 17.8 Å². The first-order chi connectivity index (χ1) is 5.23. The summed E-state index contributed by atoms with van der Waals surface area (Å²) in [5.74, 6) is 2.50. The van der Waals surface area contributed by atoms with Gasteiger partial charge < -0.3 is 5.11 Å². The molecule has 0 radical (unpaired) electrons. The van der Waals surface area contributed by atoms with E-state index in [0.29, 0.717) is 0 Å². The van der Waals surface area contributed by atoms with E-state index < -0.39 is 5.60 Å². The quantitative estimate of drug-likeness (QED) is 0.402. The van der Waals surface area contributed by atoms with Gasteiger partial charge in [-0.15, -0.1) is 5.60 Å². The summed E-state index contributed by atoms with van der Waals surface area (Å²) in [6.07, 6.45) is 7.21. The standard InChI is InChI=1S/C10H15O.Na/c11-10-4-7-1-8(5-10)3-9(2-7)6-10;/h7-9H,1-6H2;/q-1;+1. The first-order valence-corrected chi connectivity index (χ1v) is 4.94. The van der Waals surface area contributed by atoms with Crippen molar-refractivity contribution < 1.29 is 34.7 Å². The van der Waals surface area contributed by atoms with Gasteiger partial charge in [-0.3, -0.25) is 0 Å². The molecule has 4 rings (SSSR count). The third-order valence-corrected chi connectivity index (χ3v) is 3.98. The molecular formula is C10H15NaO. The molecule has 1 nitrogen and oxygen atoms in total. The molecule has 0 unspecified atom stereocenters. The van der Waals surface area contributed by atoms with Gasteiger partial charge in [0.2, 0.25) is 0 Å². The zero-order valence-electron chi connectivity index (χ0n) is 7.88. The zero-order chi connectivity index (χ0) is 7.47. The van der Waals surface area contributed by atoms with Crippen LogP contribution in [0.5, 0.6) is 0 Å². The Morgan fingerprint density at radius 1 is 0.833 bits per heavy atom. The third kappa shape index (κ3) is 1.39. The fourth-order valence-corrected chi connectivity index (χ4v) is 4.03. The largest absolute Gasteiger partial charge is 1.00 e. The topological polar surface area (TPSA) is 23.1 Å². The van der Waals surface area contributed by atoms with E-state index in [4.69, 9.17) is 0 Å². The average Bonchev–Trinajstić information content (AvgIpc) is 1.79. The first kappa shape index (κ1) is 9.51. The molecular weight excluding hydrogens is 159 g/mol. The summed E-state index contributed by atoms with van der Waals surface area (Å²) in [7, 11) is 0. The summed E-state index contributed by atoms with van der Waals surface area (Å²) in [5.41, 5.74) is -0.450. The minimum Gasteiger partial charge on any atom is -0.849 e. The van der Waals surface area contributed by atoms with Gasteiger partial charge in [-0.05, 0) is 37.0 Å². The monoisotopic (exact) mass is 174 g/mol. The molecule has 62 valence electrons. The van der Waals surface area contributed by atoms with Crippen molar-refractivity contribution in [3.05, 3.63) is 0 Å².